The maximum Gasteiger partial charge on any atom is 0.495 e. The Hall–Kier alpha value is -1.40. The second-order valence-corrected chi connectivity index (χ2v) is 6.18. The van der Waals surface area contributed by atoms with Crippen molar-refractivity contribution in [3.63, 3.8) is 0 Å². The van der Waals surface area contributed by atoms with Gasteiger partial charge < -0.3 is 14.0 Å². The number of carbonyl (C=O) groups is 1. The lowest BCUT2D eigenvalue weighted by atomic mass is 9.75. The van der Waals surface area contributed by atoms with Crippen LogP contribution in [0.15, 0.2) is 18.2 Å². The van der Waals surface area contributed by atoms with Crippen LogP contribution < -0.4 is 5.46 Å². The lowest BCUT2D eigenvalue weighted by Gasteiger charge is -2.32. The summed E-state index contributed by atoms with van der Waals surface area (Å²) in [6.07, 6.45) is -0.0202. The number of esters is 1. The molecule has 0 amide bonds. The van der Waals surface area contributed by atoms with Crippen molar-refractivity contribution < 1.29 is 23.2 Å². The first kappa shape index (κ1) is 16.0. The summed E-state index contributed by atoms with van der Waals surface area (Å²) in [5.41, 5.74) is 0.184. The van der Waals surface area contributed by atoms with Gasteiger partial charge in [0, 0.05) is 0 Å². The smallest absolute Gasteiger partial charge is 0.469 e. The highest BCUT2D eigenvalue weighted by Crippen LogP contribution is 2.36. The average Bonchev–Trinajstić information content (AvgIpc) is 2.58. The molecule has 1 saturated heterocycles. The summed E-state index contributed by atoms with van der Waals surface area (Å²) in [5, 5.41) is 0. The Labute approximate surface area is 124 Å². The van der Waals surface area contributed by atoms with Crippen molar-refractivity contribution >= 4 is 18.6 Å². The molecule has 0 unspecified atom stereocenters. The van der Waals surface area contributed by atoms with E-state index in [4.69, 9.17) is 9.31 Å². The molecule has 0 aliphatic carbocycles. The molecular weight excluding hydrogens is 274 g/mol. The number of hydrogen-bond acceptors (Lipinski definition) is 4. The van der Waals surface area contributed by atoms with E-state index in [1.807, 2.05) is 27.7 Å². The molecule has 0 radical (unpaired) electrons. The van der Waals surface area contributed by atoms with Gasteiger partial charge in [-0.25, -0.2) is 4.39 Å². The van der Waals surface area contributed by atoms with Gasteiger partial charge in [-0.05, 0) is 50.9 Å². The summed E-state index contributed by atoms with van der Waals surface area (Å²) in [6, 6.07) is 4.24. The monoisotopic (exact) mass is 294 g/mol. The van der Waals surface area contributed by atoms with E-state index in [2.05, 4.69) is 4.74 Å². The summed E-state index contributed by atoms with van der Waals surface area (Å²) in [7, 11) is 0.672. The van der Waals surface area contributed by atoms with Crippen LogP contribution in [-0.4, -0.2) is 31.4 Å². The summed E-state index contributed by atoms with van der Waals surface area (Å²) < 4.78 is 30.0. The fraction of sp³-hybridized carbons (Fsp3) is 0.533. The minimum atomic E-state index is -0.629. The zero-order valence-corrected chi connectivity index (χ0v) is 13.0. The number of benzene rings is 1. The molecule has 4 nitrogen and oxygen atoms in total. The SMILES string of the molecule is COC(=O)Cc1cc(F)ccc1B1OC(C)(C)C(C)(C)O1. The van der Waals surface area contributed by atoms with Crippen LogP contribution in [0.4, 0.5) is 4.39 Å². The van der Waals surface area contributed by atoms with Crippen molar-refractivity contribution in [2.24, 2.45) is 0 Å². The Kier molecular flexibility index (Phi) is 4.13. The lowest BCUT2D eigenvalue weighted by molar-refractivity contribution is -0.139. The van der Waals surface area contributed by atoms with Crippen LogP contribution in [0.3, 0.4) is 0 Å². The Morgan fingerprint density at radius 2 is 1.81 bits per heavy atom. The van der Waals surface area contributed by atoms with Gasteiger partial charge in [0.1, 0.15) is 5.82 Å². The van der Waals surface area contributed by atoms with Crippen LogP contribution in [0.2, 0.25) is 0 Å². The summed E-state index contributed by atoms with van der Waals surface area (Å²) in [4.78, 5) is 11.5. The first-order chi connectivity index (χ1) is 9.66. The van der Waals surface area contributed by atoms with Crippen molar-refractivity contribution in [2.45, 2.75) is 45.3 Å². The van der Waals surface area contributed by atoms with Crippen molar-refractivity contribution in [3.8, 4) is 0 Å². The van der Waals surface area contributed by atoms with E-state index >= 15 is 0 Å². The molecule has 1 aliphatic heterocycles. The van der Waals surface area contributed by atoms with E-state index in [0.717, 1.165) is 0 Å². The Bertz CT molecular complexity index is 541. The lowest BCUT2D eigenvalue weighted by Crippen LogP contribution is -2.41. The van der Waals surface area contributed by atoms with E-state index < -0.39 is 30.1 Å². The molecule has 6 heteroatoms. The molecule has 1 aromatic carbocycles. The molecule has 1 heterocycles. The van der Waals surface area contributed by atoms with Crippen LogP contribution in [-0.2, 0) is 25.3 Å². The van der Waals surface area contributed by atoms with Crippen LogP contribution in [0.5, 0.6) is 0 Å². The quantitative estimate of drug-likeness (QED) is 0.630. The normalized spacial score (nSPS) is 19.6. The largest absolute Gasteiger partial charge is 0.495 e. The van der Waals surface area contributed by atoms with Gasteiger partial charge in [-0.1, -0.05) is 6.07 Å². The van der Waals surface area contributed by atoms with Gasteiger partial charge in [-0.2, -0.15) is 0 Å². The van der Waals surface area contributed by atoms with Gasteiger partial charge in [-0.3, -0.25) is 4.79 Å². The molecule has 21 heavy (non-hydrogen) atoms. The molecule has 0 bridgehead atoms. The third kappa shape index (κ3) is 3.11. The Morgan fingerprint density at radius 1 is 1.24 bits per heavy atom. The molecule has 1 aromatic rings. The van der Waals surface area contributed by atoms with Crippen LogP contribution in [0.1, 0.15) is 33.3 Å². The molecule has 0 aromatic heterocycles. The van der Waals surface area contributed by atoms with Crippen LogP contribution >= 0.6 is 0 Å². The third-order valence-electron chi connectivity index (χ3n) is 4.17. The molecule has 0 saturated carbocycles. The molecule has 2 rings (SSSR count). The molecule has 1 fully saturated rings. The van der Waals surface area contributed by atoms with Gasteiger partial charge >= 0.3 is 13.1 Å². The summed E-state index contributed by atoms with van der Waals surface area (Å²) in [5.74, 6) is -0.840. The highest BCUT2D eigenvalue weighted by Gasteiger charge is 2.52. The van der Waals surface area contributed by atoms with Crippen molar-refractivity contribution in [1.82, 2.24) is 0 Å². The first-order valence-electron chi connectivity index (χ1n) is 6.87. The summed E-state index contributed by atoms with van der Waals surface area (Å²) >= 11 is 0. The Balaban J connectivity index is 2.34. The van der Waals surface area contributed by atoms with Gasteiger partial charge in [0.15, 0.2) is 0 Å². The minimum Gasteiger partial charge on any atom is -0.469 e. The van der Waals surface area contributed by atoms with Gasteiger partial charge in [0.2, 0.25) is 0 Å². The van der Waals surface area contributed by atoms with Gasteiger partial charge in [0.05, 0.1) is 24.7 Å². The van der Waals surface area contributed by atoms with Crippen molar-refractivity contribution in [2.75, 3.05) is 7.11 Å². The standard InChI is InChI=1S/C15H20BFO4/c1-14(2)15(3,4)21-16(20-14)12-7-6-11(17)8-10(12)9-13(18)19-5/h6-8H,9H2,1-5H3. The molecule has 0 spiro atoms. The fourth-order valence-corrected chi connectivity index (χ4v) is 2.16. The number of hydrogen-bond donors (Lipinski definition) is 0. The third-order valence-corrected chi connectivity index (χ3v) is 4.17. The number of ether oxygens (including phenoxy) is 1. The Morgan fingerprint density at radius 3 is 2.33 bits per heavy atom. The molecule has 0 N–H and O–H groups in total. The van der Waals surface area contributed by atoms with Crippen LogP contribution in [0, 0.1) is 5.82 Å². The maximum atomic E-state index is 13.5. The fourth-order valence-electron chi connectivity index (χ4n) is 2.16. The predicted molar refractivity (Wildman–Crippen MR) is 77.8 cm³/mol. The zero-order valence-electron chi connectivity index (χ0n) is 13.0. The zero-order chi connectivity index (χ0) is 15.8. The number of halogens is 1. The minimum absolute atomic E-state index is 0.0202. The highest BCUT2D eigenvalue weighted by atomic mass is 19.1. The van der Waals surface area contributed by atoms with E-state index in [-0.39, 0.29) is 6.42 Å². The first-order valence-corrected chi connectivity index (χ1v) is 6.87. The number of methoxy groups -OCH3 is 1. The second-order valence-electron chi connectivity index (χ2n) is 6.18. The predicted octanol–water partition coefficient (Wildman–Crippen LogP) is 1.84. The van der Waals surface area contributed by atoms with Crippen molar-refractivity contribution in [3.05, 3.63) is 29.6 Å². The molecule has 114 valence electrons. The van der Waals surface area contributed by atoms with Crippen molar-refractivity contribution in [1.29, 1.82) is 0 Å². The van der Waals surface area contributed by atoms with E-state index in [0.29, 0.717) is 11.0 Å². The van der Waals surface area contributed by atoms with E-state index in [1.165, 1.54) is 19.2 Å². The second kappa shape index (κ2) is 5.42. The maximum absolute atomic E-state index is 13.5. The van der Waals surface area contributed by atoms with Crippen LogP contribution in [0.25, 0.3) is 0 Å². The molecular formula is C15H20BFO4. The topological polar surface area (TPSA) is 44.8 Å². The molecule has 1 aliphatic rings. The highest BCUT2D eigenvalue weighted by molar-refractivity contribution is 6.62. The van der Waals surface area contributed by atoms with Gasteiger partial charge in [0.25, 0.3) is 0 Å². The molecule has 0 atom stereocenters. The van der Waals surface area contributed by atoms with E-state index in [9.17, 15) is 9.18 Å². The van der Waals surface area contributed by atoms with E-state index in [1.54, 1.807) is 6.07 Å². The number of carbonyl (C=O) groups excluding carboxylic acids is 1. The van der Waals surface area contributed by atoms with Gasteiger partial charge in [-0.15, -0.1) is 0 Å². The summed E-state index contributed by atoms with van der Waals surface area (Å²) in [6.45, 7) is 7.76. The number of rotatable bonds is 3. The average molecular weight is 294 g/mol.